The summed E-state index contributed by atoms with van der Waals surface area (Å²) in [5.41, 5.74) is 0.670. The van der Waals surface area contributed by atoms with Crippen LogP contribution in [0.1, 0.15) is 20.8 Å². The molecule has 1 aromatic carbocycles. The van der Waals surface area contributed by atoms with Gasteiger partial charge in [-0.1, -0.05) is 32.4 Å². The normalized spacial score (nSPS) is 16.0. The SMILES string of the molecule is COc1ccc(Cl)cc1N1CCN(C(=O)C(C)(C)C)CC1. The van der Waals surface area contributed by atoms with Crippen molar-refractivity contribution in [2.45, 2.75) is 20.8 Å². The molecule has 0 N–H and O–H groups in total. The van der Waals surface area contributed by atoms with Crippen molar-refractivity contribution in [3.63, 3.8) is 0 Å². The van der Waals surface area contributed by atoms with Gasteiger partial charge < -0.3 is 14.5 Å². The molecule has 1 amide bonds. The monoisotopic (exact) mass is 310 g/mol. The Labute approximate surface area is 131 Å². The number of nitrogens with zero attached hydrogens (tertiary/aromatic N) is 2. The van der Waals surface area contributed by atoms with Crippen LogP contribution < -0.4 is 9.64 Å². The molecule has 1 saturated heterocycles. The lowest BCUT2D eigenvalue weighted by Crippen LogP contribution is -2.51. The van der Waals surface area contributed by atoms with Gasteiger partial charge in [0, 0.05) is 36.6 Å². The van der Waals surface area contributed by atoms with E-state index < -0.39 is 0 Å². The van der Waals surface area contributed by atoms with Gasteiger partial charge >= 0.3 is 0 Å². The quantitative estimate of drug-likeness (QED) is 0.841. The fraction of sp³-hybridized carbons (Fsp3) is 0.562. The molecule has 0 aromatic heterocycles. The number of anilines is 1. The second-order valence-corrected chi connectivity index (χ2v) is 6.78. The number of piperazine rings is 1. The first-order valence-electron chi connectivity index (χ1n) is 7.21. The van der Waals surface area contributed by atoms with Gasteiger partial charge in [0.2, 0.25) is 5.91 Å². The molecular formula is C16H23ClN2O2. The van der Waals surface area contributed by atoms with Crippen LogP contribution >= 0.6 is 11.6 Å². The Hall–Kier alpha value is -1.42. The van der Waals surface area contributed by atoms with Gasteiger partial charge in [-0.2, -0.15) is 0 Å². The number of benzene rings is 1. The Bertz CT molecular complexity index is 517. The summed E-state index contributed by atoms with van der Waals surface area (Å²) >= 11 is 6.09. The maximum atomic E-state index is 12.3. The third kappa shape index (κ3) is 3.62. The minimum Gasteiger partial charge on any atom is -0.495 e. The van der Waals surface area contributed by atoms with E-state index in [2.05, 4.69) is 4.90 Å². The predicted molar refractivity (Wildman–Crippen MR) is 86.3 cm³/mol. The number of rotatable bonds is 2. The highest BCUT2D eigenvalue weighted by Gasteiger charge is 2.30. The first-order chi connectivity index (χ1) is 9.82. The average molecular weight is 311 g/mol. The van der Waals surface area contributed by atoms with E-state index in [4.69, 9.17) is 16.3 Å². The maximum absolute atomic E-state index is 12.3. The van der Waals surface area contributed by atoms with Crippen LogP contribution in [0.3, 0.4) is 0 Å². The topological polar surface area (TPSA) is 32.8 Å². The van der Waals surface area contributed by atoms with Gasteiger partial charge in [0.05, 0.1) is 12.8 Å². The van der Waals surface area contributed by atoms with E-state index in [0.29, 0.717) is 5.02 Å². The van der Waals surface area contributed by atoms with Crippen molar-refractivity contribution in [1.82, 2.24) is 4.90 Å². The van der Waals surface area contributed by atoms with Gasteiger partial charge in [-0.05, 0) is 18.2 Å². The smallest absolute Gasteiger partial charge is 0.228 e. The third-order valence-corrected chi connectivity index (χ3v) is 3.93. The Morgan fingerprint density at radius 1 is 1.19 bits per heavy atom. The predicted octanol–water partition coefficient (Wildman–Crippen LogP) is 3.04. The van der Waals surface area contributed by atoms with Gasteiger partial charge in [0.25, 0.3) is 0 Å². The Morgan fingerprint density at radius 3 is 2.33 bits per heavy atom. The van der Waals surface area contributed by atoms with E-state index in [1.165, 1.54) is 0 Å². The molecule has 21 heavy (non-hydrogen) atoms. The van der Waals surface area contributed by atoms with Crippen LogP contribution in [-0.4, -0.2) is 44.1 Å². The summed E-state index contributed by atoms with van der Waals surface area (Å²) in [7, 11) is 1.66. The molecule has 1 aliphatic heterocycles. The molecule has 4 nitrogen and oxygen atoms in total. The lowest BCUT2D eigenvalue weighted by molar-refractivity contribution is -0.139. The van der Waals surface area contributed by atoms with Crippen molar-refractivity contribution in [3.05, 3.63) is 23.2 Å². The Kier molecular flexibility index (Phi) is 4.67. The Morgan fingerprint density at radius 2 is 1.81 bits per heavy atom. The standard InChI is InChI=1S/C16H23ClN2O2/c1-16(2,3)15(20)19-9-7-18(8-10-19)13-11-12(17)5-6-14(13)21-4/h5-6,11H,7-10H2,1-4H3. The number of methoxy groups -OCH3 is 1. The van der Waals surface area contributed by atoms with Crippen molar-refractivity contribution in [2.75, 3.05) is 38.2 Å². The van der Waals surface area contributed by atoms with E-state index in [0.717, 1.165) is 37.6 Å². The van der Waals surface area contributed by atoms with Crippen LogP contribution in [0.4, 0.5) is 5.69 Å². The number of carbonyl (C=O) groups is 1. The van der Waals surface area contributed by atoms with Crippen molar-refractivity contribution < 1.29 is 9.53 Å². The summed E-state index contributed by atoms with van der Waals surface area (Å²) in [5.74, 6) is 1.02. The van der Waals surface area contributed by atoms with Gasteiger partial charge in [0.1, 0.15) is 5.75 Å². The van der Waals surface area contributed by atoms with E-state index in [-0.39, 0.29) is 11.3 Å². The number of hydrogen-bond acceptors (Lipinski definition) is 3. The van der Waals surface area contributed by atoms with Gasteiger partial charge in [-0.3, -0.25) is 4.79 Å². The highest BCUT2D eigenvalue weighted by Crippen LogP contribution is 2.32. The van der Waals surface area contributed by atoms with Gasteiger partial charge in [-0.25, -0.2) is 0 Å². The molecule has 0 aliphatic carbocycles. The van der Waals surface area contributed by atoms with Crippen LogP contribution in [0.2, 0.25) is 5.02 Å². The number of amides is 1. The summed E-state index contributed by atoms with van der Waals surface area (Å²) in [6, 6.07) is 5.62. The molecule has 0 radical (unpaired) electrons. The zero-order valence-corrected chi connectivity index (χ0v) is 13.9. The highest BCUT2D eigenvalue weighted by molar-refractivity contribution is 6.30. The molecule has 2 rings (SSSR count). The minimum absolute atomic E-state index is 0.209. The van der Waals surface area contributed by atoms with Crippen molar-refractivity contribution in [1.29, 1.82) is 0 Å². The number of ether oxygens (including phenoxy) is 1. The zero-order valence-electron chi connectivity index (χ0n) is 13.1. The molecule has 116 valence electrons. The summed E-state index contributed by atoms with van der Waals surface area (Å²) in [6.45, 7) is 8.92. The zero-order chi connectivity index (χ0) is 15.6. The molecule has 5 heteroatoms. The minimum atomic E-state index is -0.323. The van der Waals surface area contributed by atoms with Crippen molar-refractivity contribution in [3.8, 4) is 5.75 Å². The van der Waals surface area contributed by atoms with Crippen LogP contribution in [0.15, 0.2) is 18.2 Å². The van der Waals surface area contributed by atoms with Crippen LogP contribution in [0.25, 0.3) is 0 Å². The van der Waals surface area contributed by atoms with E-state index >= 15 is 0 Å². The summed E-state index contributed by atoms with van der Waals surface area (Å²) < 4.78 is 5.40. The van der Waals surface area contributed by atoms with E-state index in [1.807, 2.05) is 43.9 Å². The molecule has 0 unspecified atom stereocenters. The molecule has 1 aliphatic rings. The second-order valence-electron chi connectivity index (χ2n) is 6.35. The molecule has 1 fully saturated rings. The fourth-order valence-corrected chi connectivity index (χ4v) is 2.70. The van der Waals surface area contributed by atoms with E-state index in [1.54, 1.807) is 7.11 Å². The number of halogens is 1. The molecular weight excluding hydrogens is 288 g/mol. The molecule has 1 aromatic rings. The first-order valence-corrected chi connectivity index (χ1v) is 7.58. The summed E-state index contributed by atoms with van der Waals surface area (Å²) in [5, 5.41) is 0.694. The van der Waals surface area contributed by atoms with Crippen LogP contribution in [0, 0.1) is 5.41 Å². The van der Waals surface area contributed by atoms with Crippen molar-refractivity contribution >= 4 is 23.2 Å². The summed E-state index contributed by atoms with van der Waals surface area (Å²) in [4.78, 5) is 16.5. The molecule has 0 saturated carbocycles. The third-order valence-electron chi connectivity index (χ3n) is 3.69. The second kappa shape index (κ2) is 6.14. The molecule has 0 spiro atoms. The summed E-state index contributed by atoms with van der Waals surface area (Å²) in [6.07, 6.45) is 0. The van der Waals surface area contributed by atoms with Crippen LogP contribution in [0.5, 0.6) is 5.75 Å². The molecule has 0 bridgehead atoms. The fourth-order valence-electron chi connectivity index (χ4n) is 2.54. The average Bonchev–Trinajstić information content (AvgIpc) is 2.45. The van der Waals surface area contributed by atoms with Gasteiger partial charge in [-0.15, -0.1) is 0 Å². The lowest BCUT2D eigenvalue weighted by Gasteiger charge is -2.39. The first kappa shape index (κ1) is 16.0. The number of hydrogen-bond donors (Lipinski definition) is 0. The molecule has 1 heterocycles. The Balaban J connectivity index is 2.08. The van der Waals surface area contributed by atoms with Crippen molar-refractivity contribution in [2.24, 2.45) is 5.41 Å². The van der Waals surface area contributed by atoms with Gasteiger partial charge in [0.15, 0.2) is 0 Å². The maximum Gasteiger partial charge on any atom is 0.228 e. The van der Waals surface area contributed by atoms with Crippen LogP contribution in [-0.2, 0) is 4.79 Å². The molecule has 0 atom stereocenters. The highest BCUT2D eigenvalue weighted by atomic mass is 35.5. The largest absolute Gasteiger partial charge is 0.495 e. The lowest BCUT2D eigenvalue weighted by atomic mass is 9.94. The van der Waals surface area contributed by atoms with E-state index in [9.17, 15) is 4.79 Å². The number of carbonyl (C=O) groups excluding carboxylic acids is 1.